The molecule has 0 amide bonds. The lowest BCUT2D eigenvalue weighted by molar-refractivity contribution is 0.0853. The first-order valence-corrected chi connectivity index (χ1v) is 10.3. The smallest absolute Gasteiger partial charge is 0.166 e. The van der Waals surface area contributed by atoms with Crippen molar-refractivity contribution in [1.82, 2.24) is 0 Å². The second-order valence-electron chi connectivity index (χ2n) is 7.52. The van der Waals surface area contributed by atoms with E-state index in [2.05, 4.69) is 52.8 Å². The summed E-state index contributed by atoms with van der Waals surface area (Å²) >= 11 is 0. The quantitative estimate of drug-likeness (QED) is 0.427. The van der Waals surface area contributed by atoms with Gasteiger partial charge < -0.3 is 4.74 Å². The molecule has 1 atom stereocenters. The van der Waals surface area contributed by atoms with E-state index in [4.69, 9.17) is 4.74 Å². The second kappa shape index (κ2) is 10.3. The number of rotatable bonds is 10. The number of hydrogen-bond acceptors (Lipinski definition) is 2. The first-order valence-electron chi connectivity index (χ1n) is 10.3. The molecular formula is C25H34O2. The van der Waals surface area contributed by atoms with Gasteiger partial charge in [-0.1, -0.05) is 70.4 Å². The molecular weight excluding hydrogens is 332 g/mol. The van der Waals surface area contributed by atoms with E-state index in [1.165, 1.54) is 16.7 Å². The number of benzene rings is 2. The van der Waals surface area contributed by atoms with Gasteiger partial charge in [-0.25, -0.2) is 0 Å². The van der Waals surface area contributed by atoms with Crippen LogP contribution in [0.25, 0.3) is 0 Å². The molecule has 2 aromatic rings. The molecule has 0 radical (unpaired) electrons. The predicted octanol–water partition coefficient (Wildman–Crippen LogP) is 6.92. The van der Waals surface area contributed by atoms with Crippen LogP contribution in [0.4, 0.5) is 0 Å². The van der Waals surface area contributed by atoms with Crippen LogP contribution < -0.4 is 4.74 Å². The summed E-state index contributed by atoms with van der Waals surface area (Å²) < 4.78 is 6.05. The van der Waals surface area contributed by atoms with Gasteiger partial charge in [0.05, 0.1) is 0 Å². The Labute approximate surface area is 165 Å². The molecule has 2 heteroatoms. The summed E-state index contributed by atoms with van der Waals surface area (Å²) in [5.41, 5.74) is 4.47. The number of Topliss-reactive ketones (excluding diaryl/α,β-unsaturated/α-hetero) is 1. The van der Waals surface area contributed by atoms with Crippen LogP contribution in [-0.4, -0.2) is 5.78 Å². The number of carbonyl (C=O) groups excluding carboxylic acids is 1. The third-order valence-corrected chi connectivity index (χ3v) is 5.70. The molecule has 0 aliphatic carbocycles. The Hall–Kier alpha value is -2.09. The van der Waals surface area contributed by atoms with Crippen molar-refractivity contribution in [3.8, 4) is 5.75 Å². The van der Waals surface area contributed by atoms with Crippen molar-refractivity contribution in [2.24, 2.45) is 11.8 Å². The van der Waals surface area contributed by atoms with Gasteiger partial charge in [0.25, 0.3) is 0 Å². The monoisotopic (exact) mass is 366 g/mol. The second-order valence-corrected chi connectivity index (χ2v) is 7.52. The molecule has 1 unspecified atom stereocenters. The molecule has 2 nitrogen and oxygen atoms in total. The van der Waals surface area contributed by atoms with E-state index in [1.807, 2.05) is 24.3 Å². The zero-order valence-electron chi connectivity index (χ0n) is 17.5. The fourth-order valence-electron chi connectivity index (χ4n) is 3.93. The van der Waals surface area contributed by atoms with Gasteiger partial charge in [-0.15, -0.1) is 0 Å². The highest BCUT2D eigenvalue weighted by molar-refractivity contribution is 5.98. The normalized spacial score (nSPS) is 12.2. The van der Waals surface area contributed by atoms with Crippen LogP contribution in [0.15, 0.2) is 42.5 Å². The average molecular weight is 367 g/mol. The number of ether oxygens (including phenoxy) is 1. The first kappa shape index (κ1) is 21.2. The Balaban J connectivity index is 2.17. The van der Waals surface area contributed by atoms with Gasteiger partial charge in [0.2, 0.25) is 0 Å². The van der Waals surface area contributed by atoms with Crippen LogP contribution >= 0.6 is 0 Å². The lowest BCUT2D eigenvalue weighted by Crippen LogP contribution is -2.23. The molecule has 0 bridgehead atoms. The minimum atomic E-state index is 0.110. The zero-order valence-corrected chi connectivity index (χ0v) is 17.5. The molecule has 0 heterocycles. The van der Waals surface area contributed by atoms with Crippen LogP contribution in [0, 0.1) is 25.7 Å². The zero-order chi connectivity index (χ0) is 19.8. The van der Waals surface area contributed by atoms with Crippen LogP contribution in [-0.2, 0) is 6.61 Å². The molecule has 0 aromatic heterocycles. The fourth-order valence-corrected chi connectivity index (χ4v) is 3.93. The summed E-state index contributed by atoms with van der Waals surface area (Å²) in [7, 11) is 0. The summed E-state index contributed by atoms with van der Waals surface area (Å²) in [6.07, 6.45) is 4.10. The minimum Gasteiger partial charge on any atom is -0.489 e. The maximum absolute atomic E-state index is 13.2. The van der Waals surface area contributed by atoms with Gasteiger partial charge >= 0.3 is 0 Å². The Kier molecular flexibility index (Phi) is 8.09. The molecule has 0 aliphatic rings. The molecule has 27 heavy (non-hydrogen) atoms. The van der Waals surface area contributed by atoms with Gasteiger partial charge in [0.15, 0.2) is 5.78 Å². The summed E-state index contributed by atoms with van der Waals surface area (Å²) in [6.45, 7) is 11.3. The Morgan fingerprint density at radius 2 is 1.59 bits per heavy atom. The van der Waals surface area contributed by atoms with E-state index in [-0.39, 0.29) is 11.7 Å². The molecule has 0 saturated heterocycles. The van der Waals surface area contributed by atoms with Crippen molar-refractivity contribution in [2.75, 3.05) is 0 Å². The summed E-state index contributed by atoms with van der Waals surface area (Å²) in [5, 5.41) is 0. The Bertz CT molecular complexity index is 723. The lowest BCUT2D eigenvalue weighted by atomic mass is 9.80. The van der Waals surface area contributed by atoms with Gasteiger partial charge in [-0.2, -0.15) is 0 Å². The van der Waals surface area contributed by atoms with Crippen LogP contribution in [0.2, 0.25) is 0 Å². The molecule has 146 valence electrons. The van der Waals surface area contributed by atoms with Gasteiger partial charge in [-0.05, 0) is 55.0 Å². The van der Waals surface area contributed by atoms with Gasteiger partial charge in [0.1, 0.15) is 12.4 Å². The lowest BCUT2D eigenvalue weighted by Gasteiger charge is -2.24. The fraction of sp³-hybridized carbons (Fsp3) is 0.480. The van der Waals surface area contributed by atoms with Crippen LogP contribution in [0.5, 0.6) is 5.75 Å². The first-order chi connectivity index (χ1) is 13.0. The van der Waals surface area contributed by atoms with Crippen molar-refractivity contribution in [3.05, 3.63) is 64.7 Å². The summed E-state index contributed by atoms with van der Waals surface area (Å²) in [6, 6.07) is 14.0. The van der Waals surface area contributed by atoms with Crippen molar-refractivity contribution in [1.29, 1.82) is 0 Å². The molecule has 0 spiro atoms. The van der Waals surface area contributed by atoms with E-state index in [9.17, 15) is 4.79 Å². The molecule has 0 aliphatic heterocycles. The van der Waals surface area contributed by atoms with Crippen molar-refractivity contribution < 1.29 is 9.53 Å². The van der Waals surface area contributed by atoms with E-state index in [1.54, 1.807) is 0 Å². The van der Waals surface area contributed by atoms with Crippen LogP contribution in [0.1, 0.15) is 73.5 Å². The van der Waals surface area contributed by atoms with Crippen LogP contribution in [0.3, 0.4) is 0 Å². The maximum atomic E-state index is 13.2. The largest absolute Gasteiger partial charge is 0.489 e. The summed E-state index contributed by atoms with van der Waals surface area (Å²) in [4.78, 5) is 13.2. The van der Waals surface area contributed by atoms with E-state index in [0.29, 0.717) is 12.5 Å². The highest BCUT2D eigenvalue weighted by atomic mass is 16.5. The van der Waals surface area contributed by atoms with Gasteiger partial charge in [0, 0.05) is 11.5 Å². The summed E-state index contributed by atoms with van der Waals surface area (Å²) in [5.74, 6) is 1.60. The topological polar surface area (TPSA) is 26.3 Å². The average Bonchev–Trinajstić information content (AvgIpc) is 2.67. The maximum Gasteiger partial charge on any atom is 0.166 e. The highest BCUT2D eigenvalue weighted by Crippen LogP contribution is 2.29. The molecule has 2 aromatic carbocycles. The van der Waals surface area contributed by atoms with E-state index >= 15 is 0 Å². The Morgan fingerprint density at radius 1 is 0.963 bits per heavy atom. The minimum absolute atomic E-state index is 0.110. The number of carbonyl (C=O) groups is 1. The van der Waals surface area contributed by atoms with E-state index < -0.39 is 0 Å². The molecule has 0 saturated carbocycles. The third kappa shape index (κ3) is 5.45. The molecule has 0 N–H and O–H groups in total. The predicted molar refractivity (Wildman–Crippen MR) is 113 cm³/mol. The Morgan fingerprint density at radius 3 is 2.19 bits per heavy atom. The SMILES string of the molecule is CCCC(C(=O)c1cccc(OCc2c(C)cccc2C)c1)C(CC)CC. The number of ketones is 1. The third-order valence-electron chi connectivity index (χ3n) is 5.70. The number of hydrogen-bond donors (Lipinski definition) is 0. The van der Waals surface area contributed by atoms with E-state index in [0.717, 1.165) is 37.0 Å². The van der Waals surface area contributed by atoms with Crippen molar-refractivity contribution >= 4 is 5.78 Å². The highest BCUT2D eigenvalue weighted by Gasteiger charge is 2.26. The number of aryl methyl sites for hydroxylation is 2. The molecule has 0 fully saturated rings. The van der Waals surface area contributed by atoms with Crippen molar-refractivity contribution in [3.63, 3.8) is 0 Å². The standard InChI is InChI=1S/C25H34O2/c1-6-11-23(20(7-2)8-3)25(26)21-14-10-15-22(16-21)27-17-24-18(4)12-9-13-19(24)5/h9-10,12-16,20,23H,6-8,11,17H2,1-5H3. The van der Waals surface area contributed by atoms with Crippen molar-refractivity contribution in [2.45, 2.75) is 66.9 Å². The van der Waals surface area contributed by atoms with Gasteiger partial charge in [-0.3, -0.25) is 4.79 Å². The molecule has 2 rings (SSSR count).